The maximum atomic E-state index is 9.58. The van der Waals surface area contributed by atoms with Crippen LogP contribution in [0.4, 0.5) is 0 Å². The molecule has 0 radical (unpaired) electrons. The van der Waals surface area contributed by atoms with Crippen molar-refractivity contribution in [3.8, 4) is 0 Å². The number of carbonyl (C=O) groups excluding carboxylic acids is 1. The Labute approximate surface area is 99.2 Å². The van der Waals surface area contributed by atoms with Gasteiger partial charge in [0.25, 0.3) is 0 Å². The van der Waals surface area contributed by atoms with Gasteiger partial charge in [-0.3, -0.25) is 4.79 Å². The number of hydrogen-bond donors (Lipinski definition) is 1. The van der Waals surface area contributed by atoms with E-state index in [9.17, 15) is 4.79 Å². The maximum absolute atomic E-state index is 9.58. The van der Waals surface area contributed by atoms with Gasteiger partial charge in [0.15, 0.2) is 0 Å². The van der Waals surface area contributed by atoms with Gasteiger partial charge in [-0.15, -0.1) is 0 Å². The van der Waals surface area contributed by atoms with Crippen LogP contribution >= 0.6 is 22.6 Å². The third-order valence-electron chi connectivity index (χ3n) is 0.132. The van der Waals surface area contributed by atoms with Gasteiger partial charge in [-0.25, -0.2) is 0 Å². The molecule has 2 N–H and O–H groups in total. The molecule has 0 saturated heterocycles. The minimum atomic E-state index is -0.259. The van der Waals surface area contributed by atoms with Crippen molar-refractivity contribution in [3.63, 3.8) is 0 Å². The third kappa shape index (κ3) is 9.38. The summed E-state index contributed by atoms with van der Waals surface area (Å²) in [6.45, 7) is 0. The molecule has 0 unspecified atom stereocenters. The molecule has 0 aromatic carbocycles. The standard InChI is InChI=1S/C2H4INO.Rb.H/c3-1-2(4)5;;/h1H2,(H2,4,5);;. The predicted molar refractivity (Wildman–Crippen MR) is 35.2 cm³/mol. The second-order valence-electron chi connectivity index (χ2n) is 0.600. The molecule has 0 aliphatic rings. The number of nitrogens with two attached hydrogens (primary N) is 1. The fourth-order valence-electron chi connectivity index (χ4n) is 0. The van der Waals surface area contributed by atoms with Crippen LogP contribution in [0.2, 0.25) is 0 Å². The van der Waals surface area contributed by atoms with Gasteiger partial charge >= 0.3 is 58.2 Å². The van der Waals surface area contributed by atoms with Gasteiger partial charge in [-0.05, 0) is 0 Å². The monoisotopic (exact) mass is 271 g/mol. The van der Waals surface area contributed by atoms with Crippen molar-refractivity contribution in [2.45, 2.75) is 0 Å². The summed E-state index contributed by atoms with van der Waals surface area (Å²) in [6, 6.07) is 0. The third-order valence-corrected chi connectivity index (χ3v) is 0.884. The fraction of sp³-hybridized carbons (Fsp3) is 0.500. The van der Waals surface area contributed by atoms with Crippen LogP contribution in [0, 0.1) is 0 Å². The van der Waals surface area contributed by atoms with E-state index in [0.717, 1.165) is 0 Å². The zero-order valence-electron chi connectivity index (χ0n) is 2.57. The van der Waals surface area contributed by atoms with Crippen molar-refractivity contribution in [2.24, 2.45) is 5.73 Å². The summed E-state index contributed by atoms with van der Waals surface area (Å²) in [5.41, 5.74) is 4.65. The summed E-state index contributed by atoms with van der Waals surface area (Å²) in [5, 5.41) is 0. The van der Waals surface area contributed by atoms with E-state index in [0.29, 0.717) is 4.43 Å². The molecular formula is C2H5INORb. The molecule has 0 aromatic rings. The molecule has 0 fully saturated rings. The molecule has 2 nitrogen and oxygen atoms in total. The molecule has 4 heteroatoms. The van der Waals surface area contributed by atoms with Crippen molar-refractivity contribution in [1.29, 1.82) is 0 Å². The van der Waals surface area contributed by atoms with E-state index in [1.54, 1.807) is 0 Å². The molecule has 0 bridgehead atoms. The molecule has 0 heterocycles. The predicted octanol–water partition coefficient (Wildman–Crippen LogP) is -0.742. The SMILES string of the molecule is NC(=O)CI.[RbH]. The van der Waals surface area contributed by atoms with Crippen LogP contribution < -0.4 is 5.73 Å². The summed E-state index contributed by atoms with van der Waals surface area (Å²) in [6.07, 6.45) is 0. The molecule has 0 saturated carbocycles. The van der Waals surface area contributed by atoms with Gasteiger partial charge < -0.3 is 5.73 Å². The summed E-state index contributed by atoms with van der Waals surface area (Å²) < 4.78 is 0.414. The Bertz CT molecular complexity index is 48.8. The molecule has 32 valence electrons. The zero-order valence-corrected chi connectivity index (χ0v) is 4.73. The zero-order chi connectivity index (χ0) is 4.28. The van der Waals surface area contributed by atoms with Crippen molar-refractivity contribution in [2.75, 3.05) is 4.43 Å². The number of amides is 1. The Morgan fingerprint density at radius 3 is 2.00 bits per heavy atom. The van der Waals surface area contributed by atoms with E-state index in [4.69, 9.17) is 0 Å². The topological polar surface area (TPSA) is 43.1 Å². The molecule has 0 aromatic heterocycles. The van der Waals surface area contributed by atoms with E-state index in [1.165, 1.54) is 0 Å². The molecule has 1 amide bonds. The number of primary amides is 1. The quantitative estimate of drug-likeness (QED) is 0.495. The second kappa shape index (κ2) is 7.01. The average Bonchev–Trinajstić information content (AvgIpc) is 1.38. The molecule has 0 aliphatic heterocycles. The summed E-state index contributed by atoms with van der Waals surface area (Å²) in [4.78, 5) is 9.58. The second-order valence-corrected chi connectivity index (χ2v) is 1.36. The van der Waals surface area contributed by atoms with E-state index < -0.39 is 0 Å². The average molecular weight is 271 g/mol. The summed E-state index contributed by atoms with van der Waals surface area (Å²) in [5.74, 6) is -0.259. The van der Waals surface area contributed by atoms with Crippen molar-refractivity contribution in [1.82, 2.24) is 0 Å². The van der Waals surface area contributed by atoms with Gasteiger partial charge in [-0.2, -0.15) is 0 Å². The van der Waals surface area contributed by atoms with E-state index in [-0.39, 0.29) is 64.1 Å². The Balaban J connectivity index is 0. The van der Waals surface area contributed by atoms with Crippen molar-refractivity contribution < 1.29 is 4.79 Å². The van der Waals surface area contributed by atoms with Crippen LogP contribution in [-0.2, 0) is 4.79 Å². The fourth-order valence-corrected chi connectivity index (χ4v) is 0. The molecule has 0 aliphatic carbocycles. The summed E-state index contributed by atoms with van der Waals surface area (Å²) in [7, 11) is 0. The first-order valence-corrected chi connectivity index (χ1v) is 2.64. The number of hydrogen-bond acceptors (Lipinski definition) is 1. The number of carbonyl (C=O) groups is 1. The first-order valence-electron chi connectivity index (χ1n) is 1.11. The Kier molecular flexibility index (Phi) is 12.7. The first-order chi connectivity index (χ1) is 2.27. The van der Waals surface area contributed by atoms with Crippen LogP contribution in [0.25, 0.3) is 0 Å². The van der Waals surface area contributed by atoms with E-state index >= 15 is 0 Å². The number of rotatable bonds is 1. The molecule has 6 heavy (non-hydrogen) atoms. The number of halogens is 1. The van der Waals surface area contributed by atoms with E-state index in [2.05, 4.69) is 5.73 Å². The van der Waals surface area contributed by atoms with Crippen LogP contribution in [0.1, 0.15) is 0 Å². The van der Waals surface area contributed by atoms with Crippen LogP contribution in [0.15, 0.2) is 0 Å². The molecule has 0 spiro atoms. The van der Waals surface area contributed by atoms with E-state index in [1.807, 2.05) is 22.6 Å². The Hall–Kier alpha value is 2.01. The van der Waals surface area contributed by atoms with Crippen molar-refractivity contribution in [3.05, 3.63) is 0 Å². The normalized spacial score (nSPS) is 6.17. The minimum absolute atomic E-state index is 0. The number of alkyl halides is 1. The van der Waals surface area contributed by atoms with Crippen LogP contribution in [0.5, 0.6) is 0 Å². The molecule has 0 rings (SSSR count). The van der Waals surface area contributed by atoms with Gasteiger partial charge in [0.05, 0.1) is 4.43 Å². The van der Waals surface area contributed by atoms with Gasteiger partial charge in [0.2, 0.25) is 5.91 Å². The summed E-state index contributed by atoms with van der Waals surface area (Å²) >= 11 is 1.90. The Morgan fingerprint density at radius 2 is 2.00 bits per heavy atom. The van der Waals surface area contributed by atoms with Crippen molar-refractivity contribution >= 4 is 86.7 Å². The Morgan fingerprint density at radius 1 is 1.83 bits per heavy atom. The van der Waals surface area contributed by atoms with Gasteiger partial charge in [0.1, 0.15) is 0 Å². The molecule has 0 atom stereocenters. The van der Waals surface area contributed by atoms with Crippen LogP contribution in [-0.4, -0.2) is 68.5 Å². The first kappa shape index (κ1) is 10.9. The van der Waals surface area contributed by atoms with Gasteiger partial charge in [0, 0.05) is 0 Å². The van der Waals surface area contributed by atoms with Crippen LogP contribution in [0.3, 0.4) is 0 Å². The molecular weight excluding hydrogens is 266 g/mol. The van der Waals surface area contributed by atoms with Gasteiger partial charge in [-0.1, -0.05) is 22.6 Å².